The van der Waals surface area contributed by atoms with E-state index in [9.17, 15) is 31.5 Å². The van der Waals surface area contributed by atoms with E-state index in [2.05, 4.69) is 15.3 Å². The summed E-state index contributed by atoms with van der Waals surface area (Å²) in [5.74, 6) is -0.00829. The molecule has 1 fully saturated rings. The van der Waals surface area contributed by atoms with Gasteiger partial charge in [0.25, 0.3) is 5.91 Å². The maximum absolute atomic E-state index is 12.9. The lowest BCUT2D eigenvalue weighted by molar-refractivity contribution is -0.140. The number of anilines is 1. The van der Waals surface area contributed by atoms with Crippen LogP contribution < -0.4 is 5.32 Å². The molecule has 4 rings (SSSR count). The topological polar surface area (TPSA) is 114 Å². The number of hydrogen-bond acceptors (Lipinski definition) is 7. The van der Waals surface area contributed by atoms with Crippen LogP contribution in [0.5, 0.6) is 0 Å². The summed E-state index contributed by atoms with van der Waals surface area (Å²) in [5.41, 5.74) is -0.817. The van der Waals surface area contributed by atoms with E-state index in [1.165, 1.54) is 13.8 Å². The van der Waals surface area contributed by atoms with Gasteiger partial charge in [0, 0.05) is 29.6 Å². The van der Waals surface area contributed by atoms with E-state index in [1.807, 2.05) is 4.57 Å². The molecular formula is C21H23F3N4O4S2. The Balaban J connectivity index is 1.72. The van der Waals surface area contributed by atoms with Crippen LogP contribution in [0, 0.1) is 0 Å². The summed E-state index contributed by atoms with van der Waals surface area (Å²) < 4.78 is 64.0. The monoisotopic (exact) mass is 516 g/mol. The average Bonchev–Trinajstić information content (AvgIpc) is 3.33. The highest BCUT2D eigenvalue weighted by atomic mass is 32.2. The van der Waals surface area contributed by atoms with Gasteiger partial charge in [-0.15, -0.1) is 11.3 Å². The van der Waals surface area contributed by atoms with Crippen molar-refractivity contribution in [2.45, 2.75) is 44.4 Å². The molecule has 8 nitrogen and oxygen atoms in total. The Morgan fingerprint density at radius 3 is 2.41 bits per heavy atom. The van der Waals surface area contributed by atoms with Gasteiger partial charge in [-0.25, -0.2) is 18.4 Å². The second-order valence-electron chi connectivity index (χ2n) is 8.89. The first-order valence-electron chi connectivity index (χ1n) is 10.4. The molecule has 2 N–H and O–H groups in total. The van der Waals surface area contributed by atoms with Crippen molar-refractivity contribution in [3.8, 4) is 0 Å². The Labute approximate surface area is 197 Å². The number of nitrogens with zero attached hydrogens (tertiary/aromatic N) is 3. The number of aliphatic hydroxyl groups is 1. The van der Waals surface area contributed by atoms with Gasteiger partial charge in [0.2, 0.25) is 0 Å². The lowest BCUT2D eigenvalue weighted by Crippen LogP contribution is -2.23. The summed E-state index contributed by atoms with van der Waals surface area (Å²) in [6.45, 7) is 3.04. The minimum atomic E-state index is -4.66. The van der Waals surface area contributed by atoms with Crippen LogP contribution in [0.15, 0.2) is 17.5 Å². The molecule has 2 aromatic heterocycles. The molecule has 0 saturated carbocycles. The number of nitrogens with one attached hydrogen (secondary N) is 1. The van der Waals surface area contributed by atoms with Crippen molar-refractivity contribution in [2.75, 3.05) is 16.8 Å². The van der Waals surface area contributed by atoms with Crippen molar-refractivity contribution in [3.05, 3.63) is 39.6 Å². The van der Waals surface area contributed by atoms with Crippen LogP contribution in [0.3, 0.4) is 0 Å². The van der Waals surface area contributed by atoms with Crippen LogP contribution in [0.2, 0.25) is 0 Å². The Morgan fingerprint density at radius 1 is 1.21 bits per heavy atom. The molecule has 184 valence electrons. The second kappa shape index (κ2) is 8.31. The van der Waals surface area contributed by atoms with Gasteiger partial charge in [0.15, 0.2) is 10.7 Å². The number of hydrogen-bond donors (Lipinski definition) is 2. The minimum absolute atomic E-state index is 0.0549. The van der Waals surface area contributed by atoms with Gasteiger partial charge in [-0.2, -0.15) is 13.2 Å². The summed E-state index contributed by atoms with van der Waals surface area (Å²) in [6.07, 6.45) is -3.75. The normalized spacial score (nSPS) is 17.3. The van der Waals surface area contributed by atoms with E-state index in [0.717, 1.165) is 5.38 Å². The third-order valence-corrected chi connectivity index (χ3v) is 8.43. The maximum atomic E-state index is 12.9. The molecule has 0 unspecified atom stereocenters. The van der Waals surface area contributed by atoms with E-state index >= 15 is 0 Å². The van der Waals surface area contributed by atoms with Crippen molar-refractivity contribution in [1.82, 2.24) is 14.5 Å². The van der Waals surface area contributed by atoms with Gasteiger partial charge < -0.3 is 15.0 Å². The number of carbonyl (C=O) groups is 1. The summed E-state index contributed by atoms with van der Waals surface area (Å²) in [7, 11) is -1.26. The predicted octanol–water partition coefficient (Wildman–Crippen LogP) is 3.82. The number of alkyl halides is 3. The highest BCUT2D eigenvalue weighted by molar-refractivity contribution is 7.91. The van der Waals surface area contributed by atoms with E-state index in [-0.39, 0.29) is 28.1 Å². The average molecular weight is 517 g/mol. The summed E-state index contributed by atoms with van der Waals surface area (Å²) in [4.78, 5) is 20.7. The summed E-state index contributed by atoms with van der Waals surface area (Å²) in [5, 5.41) is 13.7. The van der Waals surface area contributed by atoms with Crippen molar-refractivity contribution in [3.63, 3.8) is 0 Å². The van der Waals surface area contributed by atoms with E-state index in [1.54, 1.807) is 19.2 Å². The fraction of sp³-hybridized carbons (Fsp3) is 0.476. The predicted molar refractivity (Wildman–Crippen MR) is 122 cm³/mol. The first kappa shape index (κ1) is 24.6. The minimum Gasteiger partial charge on any atom is -0.386 e. The van der Waals surface area contributed by atoms with Gasteiger partial charge >= 0.3 is 6.18 Å². The highest BCUT2D eigenvalue weighted by Crippen LogP contribution is 2.36. The number of rotatable bonds is 4. The largest absolute Gasteiger partial charge is 0.434 e. The van der Waals surface area contributed by atoms with Crippen molar-refractivity contribution in [2.24, 2.45) is 7.05 Å². The molecule has 1 aromatic carbocycles. The SMILES string of the molecule is Cn1c(C2CCS(=O)(=O)CC2)nc2cc(C(C)(C)O)c(NC(=O)c3nc(C(F)(F)F)cs3)cc21. The van der Waals surface area contributed by atoms with Gasteiger partial charge in [0.05, 0.1) is 28.1 Å². The summed E-state index contributed by atoms with van der Waals surface area (Å²) >= 11 is 0.574. The van der Waals surface area contributed by atoms with E-state index in [4.69, 9.17) is 0 Å². The third-order valence-electron chi connectivity index (χ3n) is 5.87. The number of thiazole rings is 1. The molecule has 0 radical (unpaired) electrons. The standard InChI is InChI=1S/C21H23F3N4O4S2/c1-20(2,30)12-8-14-15(28(3)17(25-14)11-4-6-34(31,32)7-5-11)9-13(12)26-18(29)19-27-16(10-33-19)21(22,23)24/h8-11,30H,4-7H2,1-3H3,(H,26,29). The highest BCUT2D eigenvalue weighted by Gasteiger charge is 2.35. The molecule has 0 atom stereocenters. The van der Waals surface area contributed by atoms with Crippen LogP contribution in [0.1, 0.15) is 59.5 Å². The fourth-order valence-corrected chi connectivity index (χ4v) is 6.27. The number of carbonyl (C=O) groups excluding carboxylic acids is 1. The molecule has 1 saturated heterocycles. The molecule has 13 heteroatoms. The molecule has 34 heavy (non-hydrogen) atoms. The Kier molecular flexibility index (Phi) is 6.01. The van der Waals surface area contributed by atoms with Crippen LogP contribution in [-0.4, -0.2) is 45.5 Å². The number of benzene rings is 1. The number of sulfone groups is 1. The first-order chi connectivity index (χ1) is 15.7. The second-order valence-corrected chi connectivity index (χ2v) is 12.1. The van der Waals surface area contributed by atoms with Crippen LogP contribution >= 0.6 is 11.3 Å². The van der Waals surface area contributed by atoms with Crippen molar-refractivity contribution < 1.29 is 31.5 Å². The molecule has 1 amide bonds. The molecule has 1 aliphatic rings. The number of aromatic nitrogens is 3. The van der Waals surface area contributed by atoms with Gasteiger partial charge in [-0.05, 0) is 38.8 Å². The first-order valence-corrected chi connectivity index (χ1v) is 13.1. The number of aryl methyl sites for hydroxylation is 1. The molecule has 0 aliphatic carbocycles. The Bertz CT molecular complexity index is 1360. The lowest BCUT2D eigenvalue weighted by atomic mass is 9.95. The molecule has 3 heterocycles. The zero-order chi connectivity index (χ0) is 25.1. The smallest absolute Gasteiger partial charge is 0.386 e. The van der Waals surface area contributed by atoms with Crippen molar-refractivity contribution >= 4 is 43.8 Å². The lowest BCUT2D eigenvalue weighted by Gasteiger charge is -2.22. The zero-order valence-corrected chi connectivity index (χ0v) is 20.2. The van der Waals surface area contributed by atoms with Gasteiger partial charge in [0.1, 0.15) is 15.7 Å². The molecular weight excluding hydrogens is 493 g/mol. The Morgan fingerprint density at radius 2 is 1.85 bits per heavy atom. The fourth-order valence-electron chi connectivity index (χ4n) is 4.06. The van der Waals surface area contributed by atoms with Crippen LogP contribution in [0.4, 0.5) is 18.9 Å². The number of amides is 1. The quantitative estimate of drug-likeness (QED) is 0.545. The molecule has 0 bridgehead atoms. The molecule has 0 spiro atoms. The van der Waals surface area contributed by atoms with Gasteiger partial charge in [-0.1, -0.05) is 0 Å². The number of imidazole rings is 1. The number of fused-ring (bicyclic) bond motifs is 1. The van der Waals surface area contributed by atoms with Crippen molar-refractivity contribution in [1.29, 1.82) is 0 Å². The molecule has 3 aromatic rings. The molecule has 1 aliphatic heterocycles. The third kappa shape index (κ3) is 4.82. The van der Waals surface area contributed by atoms with E-state index in [0.29, 0.717) is 46.6 Å². The summed E-state index contributed by atoms with van der Waals surface area (Å²) in [6, 6.07) is 3.23. The zero-order valence-electron chi connectivity index (χ0n) is 18.6. The maximum Gasteiger partial charge on any atom is 0.434 e. The van der Waals surface area contributed by atoms with Crippen LogP contribution in [-0.2, 0) is 28.7 Å². The number of halogens is 3. The van der Waals surface area contributed by atoms with Gasteiger partial charge in [-0.3, -0.25) is 4.79 Å². The Hall–Kier alpha value is -2.51. The van der Waals surface area contributed by atoms with Crippen LogP contribution in [0.25, 0.3) is 11.0 Å². The van der Waals surface area contributed by atoms with E-state index < -0.39 is 33.2 Å².